The molecular formula is C11H24N2O. The maximum Gasteiger partial charge on any atom is 0.222 e. The molecule has 3 heteroatoms. The number of hydrogen-bond acceptors (Lipinski definition) is 2. The molecule has 0 aliphatic heterocycles. The predicted molar refractivity (Wildman–Crippen MR) is 60.0 cm³/mol. The second-order valence-electron chi connectivity index (χ2n) is 4.26. The summed E-state index contributed by atoms with van der Waals surface area (Å²) in [6.45, 7) is 5.76. The minimum Gasteiger partial charge on any atom is -0.346 e. The van der Waals surface area contributed by atoms with Gasteiger partial charge in [-0.1, -0.05) is 20.3 Å². The highest BCUT2D eigenvalue weighted by Gasteiger charge is 2.09. The van der Waals surface area contributed by atoms with Crippen molar-refractivity contribution in [1.82, 2.24) is 4.90 Å². The van der Waals surface area contributed by atoms with Crippen LogP contribution in [0, 0.1) is 5.92 Å². The van der Waals surface area contributed by atoms with E-state index in [-0.39, 0.29) is 5.91 Å². The third-order valence-electron chi connectivity index (χ3n) is 2.21. The Balaban J connectivity index is 3.52. The Hall–Kier alpha value is -0.570. The van der Waals surface area contributed by atoms with Crippen LogP contribution in [0.5, 0.6) is 0 Å². The summed E-state index contributed by atoms with van der Waals surface area (Å²) in [4.78, 5) is 13.3. The number of unbranched alkanes of at least 4 members (excludes halogenated alkanes) is 2. The fraction of sp³-hybridized carbons (Fsp3) is 0.909. The van der Waals surface area contributed by atoms with Gasteiger partial charge in [-0.25, -0.2) is 0 Å². The van der Waals surface area contributed by atoms with E-state index in [1.54, 1.807) is 0 Å². The first kappa shape index (κ1) is 13.4. The number of carbonyl (C=O) groups excluding carboxylic acids is 1. The van der Waals surface area contributed by atoms with Gasteiger partial charge >= 0.3 is 0 Å². The van der Waals surface area contributed by atoms with Crippen LogP contribution >= 0.6 is 0 Å². The maximum atomic E-state index is 11.5. The highest BCUT2D eigenvalue weighted by Crippen LogP contribution is 2.04. The number of nitrogens with two attached hydrogens (primary N) is 1. The Kier molecular flexibility index (Phi) is 7.48. The monoisotopic (exact) mass is 200 g/mol. The zero-order chi connectivity index (χ0) is 11.0. The molecule has 0 atom stereocenters. The molecule has 0 saturated carbocycles. The summed E-state index contributed by atoms with van der Waals surface area (Å²) in [6.07, 6.45) is 3.91. The van der Waals surface area contributed by atoms with E-state index < -0.39 is 0 Å². The van der Waals surface area contributed by atoms with E-state index in [1.165, 1.54) is 0 Å². The van der Waals surface area contributed by atoms with Crippen molar-refractivity contribution in [3.05, 3.63) is 0 Å². The highest BCUT2D eigenvalue weighted by molar-refractivity contribution is 5.75. The molecule has 0 bridgehead atoms. The van der Waals surface area contributed by atoms with Crippen LogP contribution in [0.2, 0.25) is 0 Å². The van der Waals surface area contributed by atoms with Gasteiger partial charge in [0.05, 0.1) is 0 Å². The van der Waals surface area contributed by atoms with Crippen LogP contribution < -0.4 is 5.73 Å². The molecule has 0 radical (unpaired) electrons. The van der Waals surface area contributed by atoms with Crippen molar-refractivity contribution in [2.24, 2.45) is 11.7 Å². The largest absolute Gasteiger partial charge is 0.346 e. The van der Waals surface area contributed by atoms with Crippen molar-refractivity contribution in [3.63, 3.8) is 0 Å². The third kappa shape index (κ3) is 6.89. The van der Waals surface area contributed by atoms with E-state index in [1.807, 2.05) is 11.9 Å². The molecule has 0 aromatic rings. The minimum absolute atomic E-state index is 0.257. The lowest BCUT2D eigenvalue weighted by molar-refractivity contribution is -0.130. The van der Waals surface area contributed by atoms with Gasteiger partial charge in [-0.15, -0.1) is 0 Å². The van der Waals surface area contributed by atoms with Gasteiger partial charge in [0.25, 0.3) is 0 Å². The highest BCUT2D eigenvalue weighted by atomic mass is 16.2. The van der Waals surface area contributed by atoms with Crippen LogP contribution in [0.25, 0.3) is 0 Å². The molecule has 84 valence electrons. The average molecular weight is 200 g/mol. The van der Waals surface area contributed by atoms with Gasteiger partial charge in [-0.05, 0) is 25.3 Å². The summed E-state index contributed by atoms with van der Waals surface area (Å²) >= 11 is 0. The molecule has 0 spiro atoms. The molecule has 14 heavy (non-hydrogen) atoms. The topological polar surface area (TPSA) is 46.3 Å². The van der Waals surface area contributed by atoms with E-state index in [2.05, 4.69) is 13.8 Å². The van der Waals surface area contributed by atoms with Gasteiger partial charge in [0.1, 0.15) is 0 Å². The van der Waals surface area contributed by atoms with Crippen molar-refractivity contribution < 1.29 is 4.79 Å². The standard InChI is InChI=1S/C11H24N2O/c1-10(2)9-11(14)13(3)8-6-4-5-7-12/h10H,4-9,12H2,1-3H3. The summed E-state index contributed by atoms with van der Waals surface area (Å²) in [5.41, 5.74) is 5.39. The van der Waals surface area contributed by atoms with Crippen molar-refractivity contribution in [1.29, 1.82) is 0 Å². The van der Waals surface area contributed by atoms with Gasteiger partial charge < -0.3 is 10.6 Å². The quantitative estimate of drug-likeness (QED) is 0.635. The first-order chi connectivity index (χ1) is 6.57. The normalized spacial score (nSPS) is 10.6. The molecule has 0 aliphatic rings. The molecule has 0 heterocycles. The Labute approximate surface area is 87.6 Å². The number of amides is 1. The lowest BCUT2D eigenvalue weighted by Gasteiger charge is -2.18. The Morgan fingerprint density at radius 3 is 2.43 bits per heavy atom. The third-order valence-corrected chi connectivity index (χ3v) is 2.21. The summed E-state index contributed by atoms with van der Waals surface area (Å²) < 4.78 is 0. The molecule has 3 nitrogen and oxygen atoms in total. The van der Waals surface area contributed by atoms with Crippen LogP contribution in [0.4, 0.5) is 0 Å². The van der Waals surface area contributed by atoms with E-state index in [4.69, 9.17) is 5.73 Å². The summed E-state index contributed by atoms with van der Waals surface area (Å²) in [5.74, 6) is 0.710. The summed E-state index contributed by atoms with van der Waals surface area (Å²) in [5, 5.41) is 0. The fourth-order valence-electron chi connectivity index (χ4n) is 1.30. The van der Waals surface area contributed by atoms with Gasteiger partial charge in [0, 0.05) is 20.0 Å². The van der Waals surface area contributed by atoms with Crippen LogP contribution in [-0.2, 0) is 4.79 Å². The smallest absolute Gasteiger partial charge is 0.222 e. The molecule has 0 fully saturated rings. The van der Waals surface area contributed by atoms with Crippen molar-refractivity contribution in [2.75, 3.05) is 20.1 Å². The fourth-order valence-corrected chi connectivity index (χ4v) is 1.30. The molecule has 0 aromatic carbocycles. The first-order valence-electron chi connectivity index (χ1n) is 5.52. The number of hydrogen-bond donors (Lipinski definition) is 1. The molecule has 0 aromatic heterocycles. The van der Waals surface area contributed by atoms with Crippen molar-refractivity contribution >= 4 is 5.91 Å². The van der Waals surface area contributed by atoms with E-state index in [0.29, 0.717) is 12.3 Å². The van der Waals surface area contributed by atoms with Gasteiger partial charge in [-0.2, -0.15) is 0 Å². The second kappa shape index (κ2) is 7.80. The summed E-state index contributed by atoms with van der Waals surface area (Å²) in [7, 11) is 1.88. The first-order valence-corrected chi connectivity index (χ1v) is 5.52. The molecular weight excluding hydrogens is 176 g/mol. The zero-order valence-electron chi connectivity index (χ0n) is 9.75. The lowest BCUT2D eigenvalue weighted by Crippen LogP contribution is -2.28. The Morgan fingerprint density at radius 2 is 1.93 bits per heavy atom. The summed E-state index contributed by atoms with van der Waals surface area (Å²) in [6, 6.07) is 0. The molecule has 0 unspecified atom stereocenters. The van der Waals surface area contributed by atoms with Crippen molar-refractivity contribution in [2.45, 2.75) is 39.5 Å². The number of nitrogens with zero attached hydrogens (tertiary/aromatic N) is 1. The molecule has 0 aliphatic carbocycles. The predicted octanol–water partition coefficient (Wildman–Crippen LogP) is 1.62. The minimum atomic E-state index is 0.257. The number of rotatable bonds is 7. The van der Waals surface area contributed by atoms with Gasteiger partial charge in [0.15, 0.2) is 0 Å². The van der Waals surface area contributed by atoms with Crippen LogP contribution in [0.15, 0.2) is 0 Å². The molecule has 0 rings (SSSR count). The number of carbonyl (C=O) groups is 1. The van der Waals surface area contributed by atoms with Crippen LogP contribution in [0.3, 0.4) is 0 Å². The SMILES string of the molecule is CC(C)CC(=O)N(C)CCCCCN. The lowest BCUT2D eigenvalue weighted by atomic mass is 10.1. The second-order valence-corrected chi connectivity index (χ2v) is 4.26. The zero-order valence-corrected chi connectivity index (χ0v) is 9.75. The van der Waals surface area contributed by atoms with Gasteiger partial charge in [-0.3, -0.25) is 4.79 Å². The van der Waals surface area contributed by atoms with Crippen LogP contribution in [0.1, 0.15) is 39.5 Å². The maximum absolute atomic E-state index is 11.5. The molecule has 0 saturated heterocycles. The van der Waals surface area contributed by atoms with E-state index >= 15 is 0 Å². The Morgan fingerprint density at radius 1 is 1.29 bits per heavy atom. The van der Waals surface area contributed by atoms with Gasteiger partial charge in [0.2, 0.25) is 5.91 Å². The van der Waals surface area contributed by atoms with Crippen LogP contribution in [-0.4, -0.2) is 30.9 Å². The van der Waals surface area contributed by atoms with Crippen molar-refractivity contribution in [3.8, 4) is 0 Å². The van der Waals surface area contributed by atoms with E-state index in [9.17, 15) is 4.79 Å². The molecule has 1 amide bonds. The molecule has 2 N–H and O–H groups in total. The Bertz CT molecular complexity index is 157. The average Bonchev–Trinajstić information content (AvgIpc) is 2.11. The van der Waals surface area contributed by atoms with E-state index in [0.717, 1.165) is 32.4 Å².